The Hall–Kier alpha value is -0.600. The van der Waals surface area contributed by atoms with Gasteiger partial charge in [0.05, 0.1) is 0 Å². The predicted molar refractivity (Wildman–Crippen MR) is 35.0 cm³/mol. The lowest BCUT2D eigenvalue weighted by atomic mass is 10.3. The summed E-state index contributed by atoms with van der Waals surface area (Å²) in [6, 6.07) is 3.44. The Labute approximate surface area is 58.1 Å². The van der Waals surface area contributed by atoms with E-state index in [0.29, 0.717) is 5.56 Å². The third-order valence-corrected chi connectivity index (χ3v) is 1.21. The second-order valence-corrected chi connectivity index (χ2v) is 2.04. The van der Waals surface area contributed by atoms with E-state index in [1.54, 1.807) is 18.3 Å². The van der Waals surface area contributed by atoms with Gasteiger partial charge in [0.25, 0.3) is 0 Å². The van der Waals surface area contributed by atoms with E-state index in [2.05, 4.69) is 4.98 Å². The molecule has 0 saturated heterocycles. The van der Waals surface area contributed by atoms with Gasteiger partial charge in [-0.05, 0) is 6.07 Å². The molecule has 1 heterocycles. The van der Waals surface area contributed by atoms with Gasteiger partial charge in [-0.1, -0.05) is 17.7 Å². The molecule has 1 N–H and O–H groups in total. The number of rotatable bonds is 1. The van der Waals surface area contributed by atoms with E-state index in [1.165, 1.54) is 6.20 Å². The highest BCUT2D eigenvalue weighted by Gasteiger charge is 1.98. The normalized spacial score (nSPS) is 13.1. The fourth-order valence-electron chi connectivity index (χ4n) is 0.517. The van der Waals surface area contributed by atoms with Crippen molar-refractivity contribution in [3.05, 3.63) is 30.1 Å². The number of alkyl halides is 1. The molecule has 0 aliphatic heterocycles. The molecule has 1 unspecified atom stereocenters. The molecule has 1 atom stereocenters. The van der Waals surface area contributed by atoms with Gasteiger partial charge >= 0.3 is 0 Å². The maximum Gasteiger partial charge on any atom is 0.155 e. The Bertz CT molecular complexity index is 176. The molecular weight excluding hydrogens is 138 g/mol. The Balaban J connectivity index is 2.85. The van der Waals surface area contributed by atoms with Gasteiger partial charge in [-0.25, -0.2) is 0 Å². The van der Waals surface area contributed by atoms with Crippen molar-refractivity contribution in [3.8, 4) is 0 Å². The van der Waals surface area contributed by atoms with Crippen molar-refractivity contribution in [1.29, 1.82) is 0 Å². The third kappa shape index (κ3) is 1.66. The summed E-state index contributed by atoms with van der Waals surface area (Å²) < 4.78 is 0. The number of nitrogens with zero attached hydrogens (tertiary/aromatic N) is 1. The molecule has 0 amide bonds. The minimum absolute atomic E-state index is 0.624. The van der Waals surface area contributed by atoms with Crippen LogP contribution in [0.15, 0.2) is 24.5 Å². The maximum atomic E-state index is 8.75. The number of hydrogen-bond donors (Lipinski definition) is 1. The second kappa shape index (κ2) is 2.80. The molecule has 0 fully saturated rings. The van der Waals surface area contributed by atoms with Crippen LogP contribution >= 0.6 is 11.6 Å². The molecule has 0 radical (unpaired) electrons. The minimum Gasteiger partial charge on any atom is -0.373 e. The van der Waals surface area contributed by atoms with Crippen LogP contribution in [0.3, 0.4) is 0 Å². The first-order valence-electron chi connectivity index (χ1n) is 2.53. The smallest absolute Gasteiger partial charge is 0.155 e. The Morgan fingerprint density at radius 3 is 2.78 bits per heavy atom. The van der Waals surface area contributed by atoms with Crippen LogP contribution in [0, 0.1) is 0 Å². The standard InChI is InChI=1S/C6H6ClNO/c7-6(9)5-2-1-3-8-4-5/h1-4,6,9H. The van der Waals surface area contributed by atoms with Gasteiger partial charge in [0.2, 0.25) is 0 Å². The van der Waals surface area contributed by atoms with E-state index in [0.717, 1.165) is 0 Å². The van der Waals surface area contributed by atoms with Crippen LogP contribution in [0.1, 0.15) is 11.1 Å². The molecule has 9 heavy (non-hydrogen) atoms. The number of hydrogen-bond acceptors (Lipinski definition) is 2. The molecule has 1 aromatic heterocycles. The van der Waals surface area contributed by atoms with Crippen molar-refractivity contribution < 1.29 is 5.11 Å². The van der Waals surface area contributed by atoms with E-state index >= 15 is 0 Å². The number of aliphatic hydroxyl groups is 1. The molecule has 3 heteroatoms. The lowest BCUT2D eigenvalue weighted by molar-refractivity contribution is 0.262. The summed E-state index contributed by atoms with van der Waals surface area (Å²) in [5, 5.41) is 8.75. The van der Waals surface area contributed by atoms with Crippen LogP contribution in [0.5, 0.6) is 0 Å². The Kier molecular flexibility index (Phi) is 2.03. The Morgan fingerprint density at radius 2 is 2.44 bits per heavy atom. The van der Waals surface area contributed by atoms with Crippen LogP contribution in [0.2, 0.25) is 0 Å². The van der Waals surface area contributed by atoms with E-state index in [4.69, 9.17) is 16.7 Å². The van der Waals surface area contributed by atoms with E-state index in [9.17, 15) is 0 Å². The topological polar surface area (TPSA) is 33.1 Å². The zero-order valence-electron chi connectivity index (χ0n) is 4.66. The van der Waals surface area contributed by atoms with Crippen LogP contribution in [-0.2, 0) is 0 Å². The van der Waals surface area contributed by atoms with Crippen molar-refractivity contribution in [2.24, 2.45) is 0 Å². The zero-order chi connectivity index (χ0) is 6.69. The first-order valence-corrected chi connectivity index (χ1v) is 2.96. The number of halogens is 1. The number of aromatic nitrogens is 1. The van der Waals surface area contributed by atoms with Crippen LogP contribution in [0.25, 0.3) is 0 Å². The highest BCUT2D eigenvalue weighted by molar-refractivity contribution is 6.19. The highest BCUT2D eigenvalue weighted by Crippen LogP contribution is 2.13. The number of aliphatic hydroxyl groups excluding tert-OH is 1. The largest absolute Gasteiger partial charge is 0.373 e. The fourth-order valence-corrected chi connectivity index (χ4v) is 0.646. The van der Waals surface area contributed by atoms with Gasteiger partial charge < -0.3 is 5.11 Å². The predicted octanol–water partition coefficient (Wildman–Crippen LogP) is 1.31. The van der Waals surface area contributed by atoms with Gasteiger partial charge in [-0.15, -0.1) is 0 Å². The van der Waals surface area contributed by atoms with Crippen molar-refractivity contribution in [2.75, 3.05) is 0 Å². The zero-order valence-corrected chi connectivity index (χ0v) is 5.42. The van der Waals surface area contributed by atoms with Crippen LogP contribution < -0.4 is 0 Å². The highest BCUT2D eigenvalue weighted by atomic mass is 35.5. The van der Waals surface area contributed by atoms with E-state index in [-0.39, 0.29) is 0 Å². The van der Waals surface area contributed by atoms with Gasteiger partial charge in [-0.2, -0.15) is 0 Å². The quantitative estimate of drug-likeness (QED) is 0.602. The lowest BCUT2D eigenvalue weighted by Crippen LogP contribution is -1.86. The molecule has 0 spiro atoms. The summed E-state index contributed by atoms with van der Waals surface area (Å²) in [6.07, 6.45) is 3.15. The summed E-state index contributed by atoms with van der Waals surface area (Å²) in [7, 11) is 0. The van der Waals surface area contributed by atoms with Crippen LogP contribution in [0.4, 0.5) is 0 Å². The van der Waals surface area contributed by atoms with Gasteiger partial charge in [0.15, 0.2) is 5.56 Å². The third-order valence-electron chi connectivity index (χ3n) is 0.959. The average Bonchev–Trinajstić information content (AvgIpc) is 1.90. The molecule has 0 aromatic carbocycles. The summed E-state index contributed by atoms with van der Waals surface area (Å²) in [5.41, 5.74) is -0.308. The molecule has 0 aliphatic carbocycles. The van der Waals surface area contributed by atoms with Crippen molar-refractivity contribution in [1.82, 2.24) is 4.98 Å². The first-order chi connectivity index (χ1) is 4.30. The molecule has 2 nitrogen and oxygen atoms in total. The van der Waals surface area contributed by atoms with E-state index < -0.39 is 5.56 Å². The summed E-state index contributed by atoms with van der Waals surface area (Å²) in [4.78, 5) is 3.76. The molecular formula is C6H6ClNO. The van der Waals surface area contributed by atoms with Gasteiger partial charge in [0, 0.05) is 18.0 Å². The SMILES string of the molecule is OC(Cl)c1cccnc1. The molecule has 48 valence electrons. The average molecular weight is 144 g/mol. The monoisotopic (exact) mass is 143 g/mol. The van der Waals surface area contributed by atoms with Crippen LogP contribution in [-0.4, -0.2) is 10.1 Å². The fraction of sp³-hybridized carbons (Fsp3) is 0.167. The minimum atomic E-state index is -0.932. The molecule has 0 bridgehead atoms. The molecule has 0 saturated carbocycles. The maximum absolute atomic E-state index is 8.75. The molecule has 1 aromatic rings. The van der Waals surface area contributed by atoms with E-state index in [1.807, 2.05) is 0 Å². The van der Waals surface area contributed by atoms with Crippen molar-refractivity contribution in [3.63, 3.8) is 0 Å². The first kappa shape index (κ1) is 6.52. The van der Waals surface area contributed by atoms with Gasteiger partial charge in [0.1, 0.15) is 0 Å². The summed E-state index contributed by atoms with van der Waals surface area (Å²) in [5.74, 6) is 0. The summed E-state index contributed by atoms with van der Waals surface area (Å²) in [6.45, 7) is 0. The molecule has 1 rings (SSSR count). The second-order valence-electron chi connectivity index (χ2n) is 1.62. The Morgan fingerprint density at radius 1 is 1.67 bits per heavy atom. The van der Waals surface area contributed by atoms with Crippen molar-refractivity contribution in [2.45, 2.75) is 5.56 Å². The summed E-state index contributed by atoms with van der Waals surface area (Å²) >= 11 is 5.32. The lowest BCUT2D eigenvalue weighted by Gasteiger charge is -1.97. The molecule has 0 aliphatic rings. The van der Waals surface area contributed by atoms with Crippen molar-refractivity contribution >= 4 is 11.6 Å². The van der Waals surface area contributed by atoms with Gasteiger partial charge in [-0.3, -0.25) is 4.98 Å². The number of pyridine rings is 1.